The Balaban J connectivity index is 1.32. The highest BCUT2D eigenvalue weighted by Crippen LogP contribution is 2.48. The Kier molecular flexibility index (Phi) is 16.3. The molecule has 0 aromatic heterocycles. The summed E-state index contributed by atoms with van der Waals surface area (Å²) in [6.07, 6.45) is 7.14. The summed E-state index contributed by atoms with van der Waals surface area (Å²) >= 11 is 18.0. The van der Waals surface area contributed by atoms with Crippen molar-refractivity contribution in [1.29, 1.82) is 0 Å². The lowest BCUT2D eigenvalue weighted by Crippen LogP contribution is -2.04. The number of benzene rings is 6. The monoisotopic (exact) mass is 866 g/mol. The predicted octanol–water partition coefficient (Wildman–Crippen LogP) is 15.3. The highest BCUT2D eigenvalue weighted by atomic mass is 32.2. The Hall–Kier alpha value is -2.63. The first-order valence-electron chi connectivity index (χ1n) is 19.2. The van der Waals surface area contributed by atoms with Crippen molar-refractivity contribution in [1.82, 2.24) is 0 Å². The van der Waals surface area contributed by atoms with Crippen LogP contribution in [0.3, 0.4) is 0 Å². The van der Waals surface area contributed by atoms with Crippen molar-refractivity contribution in [2.45, 2.75) is 93.9 Å². The van der Waals surface area contributed by atoms with Crippen LogP contribution < -0.4 is 9.47 Å². The van der Waals surface area contributed by atoms with Crippen LogP contribution in [0.15, 0.2) is 182 Å². The molecule has 0 N–H and O–H groups in total. The summed E-state index contributed by atoms with van der Waals surface area (Å²) in [7, 11) is 0. The van der Waals surface area contributed by atoms with E-state index in [9.17, 15) is 0 Å². The number of hydrogen-bond acceptors (Lipinski definition) is 9. The molecule has 0 radical (unpaired) electrons. The van der Waals surface area contributed by atoms with E-state index in [-0.39, 0.29) is 0 Å². The fourth-order valence-corrected chi connectivity index (χ4v) is 12.1. The first kappa shape index (κ1) is 41.5. The van der Waals surface area contributed by atoms with E-state index in [1.165, 1.54) is 60.1 Å². The van der Waals surface area contributed by atoms with Gasteiger partial charge in [-0.2, -0.15) is 25.3 Å². The maximum absolute atomic E-state index is 6.55. The van der Waals surface area contributed by atoms with Gasteiger partial charge < -0.3 is 9.47 Å². The number of fused-ring (bicyclic) bond motifs is 8. The number of hydrogen-bond donors (Lipinski definition) is 2. The number of rotatable bonds is 12. The van der Waals surface area contributed by atoms with E-state index in [2.05, 4.69) is 159 Å². The summed E-state index contributed by atoms with van der Waals surface area (Å²) in [6.45, 7) is 1.37. The van der Waals surface area contributed by atoms with Gasteiger partial charge in [0.1, 0.15) is 11.5 Å². The number of unbranched alkanes of at least 4 members (excludes halogenated alkanes) is 4. The third-order valence-electron chi connectivity index (χ3n) is 9.08. The van der Waals surface area contributed by atoms with Crippen molar-refractivity contribution >= 4 is 84.1 Å². The van der Waals surface area contributed by atoms with E-state index >= 15 is 0 Å². The van der Waals surface area contributed by atoms with Crippen LogP contribution in [0.5, 0.6) is 11.5 Å². The minimum absolute atomic E-state index is 0.687. The summed E-state index contributed by atoms with van der Waals surface area (Å²) < 4.78 is 13.1. The van der Waals surface area contributed by atoms with Gasteiger partial charge in [-0.05, 0) is 146 Å². The average molecular weight is 867 g/mol. The fraction of sp³-hybridized carbons (Fsp3) is 0.234. The molecule has 4 bridgehead atoms. The zero-order chi connectivity index (χ0) is 38.4. The topological polar surface area (TPSA) is 18.5 Å². The molecule has 2 nitrogen and oxygen atoms in total. The lowest BCUT2D eigenvalue weighted by molar-refractivity contribution is 0.300. The molecule has 9 heteroatoms. The quantitative estimate of drug-likeness (QED) is 0.0929. The molecular formula is C47H46O2S7. The first-order valence-corrected chi connectivity index (χ1v) is 24.5. The minimum atomic E-state index is 0.687. The highest BCUT2D eigenvalue weighted by molar-refractivity contribution is 8.05. The Morgan fingerprint density at radius 3 is 1.02 bits per heavy atom. The van der Waals surface area contributed by atoms with E-state index in [1.54, 1.807) is 0 Å². The van der Waals surface area contributed by atoms with Crippen molar-refractivity contribution in [3.05, 3.63) is 145 Å². The SMILES string of the molecule is SCCCCCOc1ccc2cc1Cc1cc(ccc1OCCCCCS)Sc1ccccc1Sc1ccccc1Sc1ccccc1Sc1ccccc1S2. The van der Waals surface area contributed by atoms with Crippen LogP contribution in [-0.2, 0) is 6.42 Å². The third kappa shape index (κ3) is 11.7. The van der Waals surface area contributed by atoms with Gasteiger partial charge in [-0.1, -0.05) is 107 Å². The van der Waals surface area contributed by atoms with E-state index < -0.39 is 0 Å². The van der Waals surface area contributed by atoms with Crippen molar-refractivity contribution in [3.8, 4) is 11.5 Å². The van der Waals surface area contributed by atoms with Gasteiger partial charge in [0.25, 0.3) is 0 Å². The molecular weight excluding hydrogens is 821 g/mol. The molecule has 1 heterocycles. The lowest BCUT2D eigenvalue weighted by atomic mass is 10.0. The molecule has 7 rings (SSSR count). The molecule has 1 aliphatic heterocycles. The van der Waals surface area contributed by atoms with Crippen molar-refractivity contribution < 1.29 is 9.47 Å². The second kappa shape index (κ2) is 21.9. The zero-order valence-corrected chi connectivity index (χ0v) is 37.1. The summed E-state index contributed by atoms with van der Waals surface area (Å²) in [6, 6.07) is 48.5. The van der Waals surface area contributed by atoms with Crippen molar-refractivity contribution in [3.63, 3.8) is 0 Å². The summed E-state index contributed by atoms with van der Waals surface area (Å²) in [5, 5.41) is 0. The lowest BCUT2D eigenvalue weighted by Gasteiger charge is -2.18. The van der Waals surface area contributed by atoms with Crippen LogP contribution in [0.1, 0.15) is 49.7 Å². The van der Waals surface area contributed by atoms with Crippen LogP contribution in [0.25, 0.3) is 0 Å². The molecule has 0 saturated carbocycles. The normalized spacial score (nSPS) is 12.8. The molecule has 0 unspecified atom stereocenters. The molecule has 0 amide bonds. The molecule has 6 aromatic rings. The Morgan fingerprint density at radius 1 is 0.375 bits per heavy atom. The molecule has 0 spiro atoms. The molecule has 0 atom stereocenters. The van der Waals surface area contributed by atoms with Crippen molar-refractivity contribution in [2.24, 2.45) is 0 Å². The van der Waals surface area contributed by atoms with Gasteiger partial charge in [0.15, 0.2) is 0 Å². The molecule has 56 heavy (non-hydrogen) atoms. The van der Waals surface area contributed by atoms with Gasteiger partial charge in [0.05, 0.1) is 13.2 Å². The molecule has 288 valence electrons. The maximum Gasteiger partial charge on any atom is 0.122 e. The second-order valence-corrected chi connectivity index (χ2v) is 19.7. The van der Waals surface area contributed by atoms with Gasteiger partial charge in [-0.3, -0.25) is 0 Å². The molecule has 0 fully saturated rings. The smallest absolute Gasteiger partial charge is 0.122 e. The van der Waals surface area contributed by atoms with Crippen molar-refractivity contribution in [2.75, 3.05) is 24.7 Å². The Bertz CT molecular complexity index is 2040. The standard InChI is InChI=1S/C47H46O2S7/c50-29-13-1-11-27-48-38-25-23-36-32-34(38)31-35-33-37(24-26-39(35)49-28-12-2-14-30-51)53-41-16-4-6-18-43(41)55-45-20-8-10-22-47(45)56-46-21-9-7-19-44(46)54-42-17-5-3-15-40(42)52-36/h3-10,15-26,32-33,50-51H,1-2,11-14,27-31H2. The summed E-state index contributed by atoms with van der Waals surface area (Å²) in [4.78, 5) is 12.3. The van der Waals surface area contributed by atoms with Gasteiger partial charge in [-0.25, -0.2) is 0 Å². The predicted molar refractivity (Wildman–Crippen MR) is 248 cm³/mol. The minimum Gasteiger partial charge on any atom is -0.493 e. The van der Waals surface area contributed by atoms with E-state index in [0.717, 1.165) is 61.5 Å². The van der Waals surface area contributed by atoms with E-state index in [4.69, 9.17) is 9.47 Å². The zero-order valence-electron chi connectivity index (χ0n) is 31.2. The first-order chi connectivity index (χ1) is 27.7. The molecule has 6 aromatic carbocycles. The summed E-state index contributed by atoms with van der Waals surface area (Å²) in [5.41, 5.74) is 2.33. The highest BCUT2D eigenvalue weighted by Gasteiger charge is 2.17. The average Bonchev–Trinajstić information content (AvgIpc) is 3.22. The van der Waals surface area contributed by atoms with Gasteiger partial charge in [0, 0.05) is 55.4 Å². The van der Waals surface area contributed by atoms with Gasteiger partial charge in [0.2, 0.25) is 0 Å². The number of thiol groups is 2. The Morgan fingerprint density at radius 2 is 0.696 bits per heavy atom. The van der Waals surface area contributed by atoms with Crippen LogP contribution in [0.2, 0.25) is 0 Å². The van der Waals surface area contributed by atoms with Gasteiger partial charge in [-0.15, -0.1) is 0 Å². The summed E-state index contributed by atoms with van der Waals surface area (Å²) in [5.74, 6) is 3.69. The van der Waals surface area contributed by atoms with Crippen LogP contribution in [0, 0.1) is 0 Å². The van der Waals surface area contributed by atoms with Crippen LogP contribution in [-0.4, -0.2) is 24.7 Å². The molecule has 1 aliphatic rings. The van der Waals surface area contributed by atoms with E-state index in [1.807, 2.05) is 58.8 Å². The third-order valence-corrected chi connectivity index (χ3v) is 15.8. The second-order valence-electron chi connectivity index (χ2n) is 13.3. The van der Waals surface area contributed by atoms with Gasteiger partial charge >= 0.3 is 0 Å². The largest absolute Gasteiger partial charge is 0.493 e. The molecule has 0 aliphatic carbocycles. The fourth-order valence-electron chi connectivity index (χ4n) is 6.23. The maximum atomic E-state index is 6.55. The van der Waals surface area contributed by atoms with E-state index in [0.29, 0.717) is 19.6 Å². The molecule has 0 saturated heterocycles. The van der Waals surface area contributed by atoms with Crippen LogP contribution >= 0.6 is 84.1 Å². The Labute approximate surface area is 365 Å². The van der Waals surface area contributed by atoms with Crippen LogP contribution in [0.4, 0.5) is 0 Å². The number of ether oxygens (including phenoxy) is 2.